The second-order valence-electron chi connectivity index (χ2n) is 12.6. The lowest BCUT2D eigenvalue weighted by Gasteiger charge is -2.26. The summed E-state index contributed by atoms with van der Waals surface area (Å²) >= 11 is 3.73. The largest absolute Gasteiger partial charge is 0.310 e. The van der Waals surface area contributed by atoms with E-state index in [0.717, 1.165) is 22.7 Å². The summed E-state index contributed by atoms with van der Waals surface area (Å²) in [5.41, 5.74) is 7.06. The number of fused-ring (bicyclic) bond motifs is 6. The first-order chi connectivity index (χ1) is 23.8. The molecule has 0 fully saturated rings. The van der Waals surface area contributed by atoms with Crippen LogP contribution in [-0.2, 0) is 0 Å². The lowest BCUT2D eigenvalue weighted by Crippen LogP contribution is -2.10. The summed E-state index contributed by atoms with van der Waals surface area (Å²) < 4.78 is 7.68. The SMILES string of the molecule is c1cc(N(c2ccc3c(c2)sc2ccccc23)c2ccc3c(c2)sc2ccccc23)cc(-n2c3cccc4ccc5cccc2c5c43)c1. The fraction of sp³-hybridized carbons (Fsp3) is 0. The molecule has 3 aromatic heterocycles. The molecule has 0 aliphatic rings. The number of nitrogens with zero attached hydrogens (tertiary/aromatic N) is 2. The fourth-order valence-corrected chi connectivity index (χ4v) is 10.1. The smallest absolute Gasteiger partial charge is 0.0547 e. The van der Waals surface area contributed by atoms with Crippen LogP contribution in [0.2, 0.25) is 0 Å². The molecule has 0 aliphatic heterocycles. The highest BCUT2D eigenvalue weighted by atomic mass is 32.1. The van der Waals surface area contributed by atoms with Gasteiger partial charge >= 0.3 is 0 Å². The van der Waals surface area contributed by atoms with Crippen molar-refractivity contribution >= 4 is 113 Å². The van der Waals surface area contributed by atoms with Crippen molar-refractivity contribution in [2.24, 2.45) is 0 Å². The molecule has 3 heterocycles. The molecule has 2 nitrogen and oxygen atoms in total. The maximum absolute atomic E-state index is 2.44. The predicted molar refractivity (Wildman–Crippen MR) is 210 cm³/mol. The van der Waals surface area contributed by atoms with E-state index in [2.05, 4.69) is 167 Å². The van der Waals surface area contributed by atoms with Crippen molar-refractivity contribution in [3.8, 4) is 5.69 Å². The van der Waals surface area contributed by atoms with Gasteiger partial charge < -0.3 is 9.47 Å². The van der Waals surface area contributed by atoms with Crippen LogP contribution in [0.5, 0.6) is 0 Å². The summed E-state index contributed by atoms with van der Waals surface area (Å²) in [4.78, 5) is 2.43. The van der Waals surface area contributed by atoms with E-state index in [1.165, 1.54) is 72.9 Å². The van der Waals surface area contributed by atoms with Gasteiger partial charge in [-0.1, -0.05) is 91.0 Å². The van der Waals surface area contributed by atoms with E-state index in [1.54, 1.807) is 0 Å². The Morgan fingerprint density at radius 3 is 1.46 bits per heavy atom. The van der Waals surface area contributed by atoms with Crippen molar-refractivity contribution in [1.29, 1.82) is 0 Å². The van der Waals surface area contributed by atoms with Gasteiger partial charge in [-0.2, -0.15) is 0 Å². The molecule has 11 rings (SSSR count). The molecule has 8 aromatic carbocycles. The Labute approximate surface area is 284 Å². The van der Waals surface area contributed by atoms with E-state index in [0.29, 0.717) is 0 Å². The molecule has 0 spiro atoms. The molecule has 0 atom stereocenters. The van der Waals surface area contributed by atoms with E-state index in [-0.39, 0.29) is 0 Å². The molecular formula is C44H26N2S2. The summed E-state index contributed by atoms with van der Waals surface area (Å²) in [5.74, 6) is 0. The average Bonchev–Trinajstić information content (AvgIpc) is 3.81. The van der Waals surface area contributed by atoms with Crippen LogP contribution in [0.3, 0.4) is 0 Å². The fourth-order valence-electron chi connectivity index (χ4n) is 7.82. The average molecular weight is 647 g/mol. The second kappa shape index (κ2) is 9.91. The quantitative estimate of drug-likeness (QED) is 0.173. The lowest BCUT2D eigenvalue weighted by atomic mass is 10.0. The first-order valence-electron chi connectivity index (χ1n) is 16.3. The Morgan fingerprint density at radius 1 is 0.375 bits per heavy atom. The van der Waals surface area contributed by atoms with Crippen molar-refractivity contribution in [3.05, 3.63) is 158 Å². The third kappa shape index (κ3) is 3.73. The van der Waals surface area contributed by atoms with Crippen molar-refractivity contribution in [2.75, 3.05) is 4.90 Å². The van der Waals surface area contributed by atoms with Crippen LogP contribution in [-0.4, -0.2) is 4.57 Å². The summed E-state index contributed by atoms with van der Waals surface area (Å²) in [6, 6.07) is 58.3. The summed E-state index contributed by atoms with van der Waals surface area (Å²) in [6.07, 6.45) is 0. The van der Waals surface area contributed by atoms with Gasteiger partial charge in [-0.3, -0.25) is 0 Å². The van der Waals surface area contributed by atoms with Crippen molar-refractivity contribution in [3.63, 3.8) is 0 Å². The number of benzene rings is 8. The van der Waals surface area contributed by atoms with E-state index in [1.807, 2.05) is 22.7 Å². The van der Waals surface area contributed by atoms with Gasteiger partial charge in [-0.05, 0) is 77.5 Å². The van der Waals surface area contributed by atoms with E-state index >= 15 is 0 Å². The van der Waals surface area contributed by atoms with Crippen LogP contribution in [0, 0.1) is 0 Å². The number of rotatable bonds is 4. The minimum Gasteiger partial charge on any atom is -0.310 e. The van der Waals surface area contributed by atoms with Gasteiger partial charge in [0.2, 0.25) is 0 Å². The van der Waals surface area contributed by atoms with Crippen LogP contribution in [0.15, 0.2) is 158 Å². The Hall–Kier alpha value is -5.68. The number of thiophene rings is 2. The molecule has 0 N–H and O–H groups in total. The van der Waals surface area contributed by atoms with Gasteiger partial charge in [0.15, 0.2) is 0 Å². The summed E-state index contributed by atoms with van der Waals surface area (Å²) in [6.45, 7) is 0. The minimum absolute atomic E-state index is 1.13. The van der Waals surface area contributed by atoms with Crippen LogP contribution < -0.4 is 4.90 Å². The third-order valence-corrected chi connectivity index (χ3v) is 12.2. The maximum atomic E-state index is 2.44. The van der Waals surface area contributed by atoms with Crippen molar-refractivity contribution in [1.82, 2.24) is 4.57 Å². The highest BCUT2D eigenvalue weighted by molar-refractivity contribution is 7.26. The molecule has 0 amide bonds. The van der Waals surface area contributed by atoms with Crippen molar-refractivity contribution in [2.45, 2.75) is 0 Å². The first kappa shape index (κ1) is 26.4. The highest BCUT2D eigenvalue weighted by Crippen LogP contribution is 2.44. The topological polar surface area (TPSA) is 8.17 Å². The molecule has 0 unspecified atom stereocenters. The van der Waals surface area contributed by atoms with Crippen molar-refractivity contribution < 1.29 is 0 Å². The zero-order valence-corrected chi connectivity index (χ0v) is 27.4. The zero-order valence-electron chi connectivity index (χ0n) is 25.7. The number of anilines is 3. The standard InChI is InChI=1S/C44H26N2S2/c1-3-16-39-33(12-1)35-22-20-31(25-41(35)47-39)45(32-21-23-36-34-13-2-4-17-40(34)48-42(36)26-32)29-10-7-11-30(24-29)46-37-14-5-8-27-18-19-28-9-6-15-38(46)44(28)43(27)37/h1-26H. The third-order valence-electron chi connectivity index (χ3n) is 9.91. The van der Waals surface area contributed by atoms with Gasteiger partial charge in [-0.15, -0.1) is 22.7 Å². The highest BCUT2D eigenvalue weighted by Gasteiger charge is 2.20. The van der Waals surface area contributed by atoms with Gasteiger partial charge in [-0.25, -0.2) is 0 Å². The Balaban J connectivity index is 1.16. The van der Waals surface area contributed by atoms with Crippen LogP contribution in [0.25, 0.3) is 78.6 Å². The monoisotopic (exact) mass is 646 g/mol. The van der Waals surface area contributed by atoms with Gasteiger partial charge in [0.25, 0.3) is 0 Å². The zero-order chi connectivity index (χ0) is 31.3. The Kier molecular flexibility index (Phi) is 5.45. The second-order valence-corrected chi connectivity index (χ2v) is 14.7. The molecule has 0 bridgehead atoms. The molecule has 48 heavy (non-hydrogen) atoms. The number of hydrogen-bond acceptors (Lipinski definition) is 3. The van der Waals surface area contributed by atoms with Crippen LogP contribution in [0.4, 0.5) is 17.1 Å². The molecule has 224 valence electrons. The first-order valence-corrected chi connectivity index (χ1v) is 17.9. The molecular weight excluding hydrogens is 621 g/mol. The molecule has 0 aliphatic carbocycles. The minimum atomic E-state index is 1.13. The molecule has 0 saturated heterocycles. The lowest BCUT2D eigenvalue weighted by molar-refractivity contribution is 1.17. The normalized spacial score (nSPS) is 12.2. The van der Waals surface area contributed by atoms with Gasteiger partial charge in [0.05, 0.1) is 11.0 Å². The van der Waals surface area contributed by atoms with E-state index in [9.17, 15) is 0 Å². The van der Waals surface area contributed by atoms with E-state index in [4.69, 9.17) is 0 Å². The summed E-state index contributed by atoms with van der Waals surface area (Å²) in [7, 11) is 0. The molecule has 11 aromatic rings. The Morgan fingerprint density at radius 2 is 0.875 bits per heavy atom. The predicted octanol–water partition coefficient (Wildman–Crippen LogP) is 13.6. The van der Waals surface area contributed by atoms with Gasteiger partial charge in [0.1, 0.15) is 0 Å². The van der Waals surface area contributed by atoms with E-state index < -0.39 is 0 Å². The van der Waals surface area contributed by atoms with Crippen LogP contribution in [0.1, 0.15) is 0 Å². The maximum Gasteiger partial charge on any atom is 0.0547 e. The summed E-state index contributed by atoms with van der Waals surface area (Å²) in [5, 5.41) is 10.5. The molecule has 4 heteroatoms. The molecule has 0 saturated carbocycles. The molecule has 0 radical (unpaired) electrons. The number of hydrogen-bond donors (Lipinski definition) is 0. The Bertz CT molecular complexity index is 2850. The number of aromatic nitrogens is 1. The van der Waals surface area contributed by atoms with Gasteiger partial charge in [0, 0.05) is 73.9 Å². The van der Waals surface area contributed by atoms with Crippen LogP contribution >= 0.6 is 22.7 Å².